The van der Waals surface area contributed by atoms with Gasteiger partial charge in [-0.3, -0.25) is 9.59 Å². The molecule has 7 nitrogen and oxygen atoms in total. The molecule has 162 valence electrons. The third-order valence-corrected chi connectivity index (χ3v) is 5.09. The third-order valence-electron chi connectivity index (χ3n) is 5.09. The van der Waals surface area contributed by atoms with Crippen LogP contribution >= 0.6 is 0 Å². The van der Waals surface area contributed by atoms with E-state index in [2.05, 4.69) is 4.98 Å². The summed E-state index contributed by atoms with van der Waals surface area (Å²) in [6, 6.07) is 5.86. The lowest BCUT2D eigenvalue weighted by molar-refractivity contribution is 0.0518. The number of benzene rings is 1. The first-order chi connectivity index (χ1) is 14.1. The molecular weight excluding hydrogens is 384 g/mol. The molecule has 2 rings (SSSR count). The van der Waals surface area contributed by atoms with Gasteiger partial charge in [-0.05, 0) is 71.4 Å². The van der Waals surface area contributed by atoms with Crippen LogP contribution in [0.25, 0.3) is 0 Å². The molecule has 0 saturated heterocycles. The molecule has 1 N–H and O–H groups in total. The summed E-state index contributed by atoms with van der Waals surface area (Å²) in [5.41, 5.74) is 2.26. The van der Waals surface area contributed by atoms with Crippen LogP contribution < -0.4 is 4.74 Å². The summed E-state index contributed by atoms with van der Waals surface area (Å²) in [6.07, 6.45) is 0. The molecule has 2 aromatic rings. The minimum absolute atomic E-state index is 0.206. The highest BCUT2D eigenvalue weighted by Crippen LogP contribution is 2.24. The molecule has 0 fully saturated rings. The first-order valence-electron chi connectivity index (χ1n) is 10.0. The van der Waals surface area contributed by atoms with Gasteiger partial charge in [0.25, 0.3) is 5.91 Å². The van der Waals surface area contributed by atoms with Gasteiger partial charge in [0.05, 0.1) is 19.8 Å². The molecule has 1 heterocycles. The van der Waals surface area contributed by atoms with E-state index in [0.717, 1.165) is 0 Å². The standard InChI is InChI=1S/C23H30N2O5/c1-8-30-23(28)20-14(4)19(15(5)24-20)21(26)16(6)25(13(2)3)22(27)17-9-11-18(29-7)12-10-17/h9-13,16,24H,8H2,1-7H3/t16-/m1/s1. The number of ketones is 1. The van der Waals surface area contributed by atoms with E-state index in [0.29, 0.717) is 28.1 Å². The molecule has 0 aliphatic heterocycles. The second-order valence-electron chi connectivity index (χ2n) is 7.42. The van der Waals surface area contributed by atoms with E-state index in [9.17, 15) is 14.4 Å². The van der Waals surface area contributed by atoms with Crippen LogP contribution in [-0.4, -0.2) is 53.3 Å². The minimum Gasteiger partial charge on any atom is -0.497 e. The number of nitrogens with zero attached hydrogens (tertiary/aromatic N) is 1. The van der Waals surface area contributed by atoms with Gasteiger partial charge in [-0.2, -0.15) is 0 Å². The highest BCUT2D eigenvalue weighted by atomic mass is 16.5. The summed E-state index contributed by atoms with van der Waals surface area (Å²) < 4.78 is 10.2. The van der Waals surface area contributed by atoms with Crippen molar-refractivity contribution in [1.29, 1.82) is 0 Å². The number of methoxy groups -OCH3 is 1. The molecule has 30 heavy (non-hydrogen) atoms. The molecule has 0 bridgehead atoms. The lowest BCUT2D eigenvalue weighted by Gasteiger charge is -2.32. The zero-order valence-electron chi connectivity index (χ0n) is 18.7. The number of carbonyl (C=O) groups is 3. The maximum absolute atomic E-state index is 13.4. The Bertz CT molecular complexity index is 928. The topological polar surface area (TPSA) is 88.7 Å². The van der Waals surface area contributed by atoms with Gasteiger partial charge in [0.2, 0.25) is 0 Å². The number of esters is 1. The lowest BCUT2D eigenvalue weighted by Crippen LogP contribution is -2.47. The Morgan fingerprint density at radius 2 is 1.67 bits per heavy atom. The van der Waals surface area contributed by atoms with Crippen LogP contribution in [0.2, 0.25) is 0 Å². The number of Topliss-reactive ketones (excluding diaryl/α,β-unsaturated/α-hetero) is 1. The molecule has 1 amide bonds. The van der Waals surface area contributed by atoms with Crippen molar-refractivity contribution in [3.63, 3.8) is 0 Å². The SMILES string of the molecule is CCOC(=O)c1[nH]c(C)c(C(=O)[C@@H](C)N(C(=O)c2ccc(OC)cc2)C(C)C)c1C. The fraction of sp³-hybridized carbons (Fsp3) is 0.435. The first kappa shape index (κ1) is 23.2. The van der Waals surface area contributed by atoms with Crippen molar-refractivity contribution in [1.82, 2.24) is 9.88 Å². The van der Waals surface area contributed by atoms with Crippen molar-refractivity contribution in [2.45, 2.75) is 53.6 Å². The molecule has 0 aliphatic rings. The molecule has 1 atom stereocenters. The number of aromatic amines is 1. The molecule has 1 aromatic heterocycles. The van der Waals surface area contributed by atoms with Crippen LogP contribution in [0.5, 0.6) is 5.75 Å². The Hall–Kier alpha value is -3.09. The Kier molecular flexibility index (Phi) is 7.43. The Morgan fingerprint density at radius 1 is 1.07 bits per heavy atom. The van der Waals surface area contributed by atoms with Gasteiger partial charge in [0.1, 0.15) is 11.4 Å². The maximum atomic E-state index is 13.4. The molecule has 0 radical (unpaired) electrons. The molecule has 1 aromatic carbocycles. The van der Waals surface area contributed by atoms with Crippen molar-refractivity contribution in [2.75, 3.05) is 13.7 Å². The van der Waals surface area contributed by atoms with Crippen molar-refractivity contribution < 1.29 is 23.9 Å². The smallest absolute Gasteiger partial charge is 0.355 e. The Morgan fingerprint density at radius 3 is 2.17 bits per heavy atom. The van der Waals surface area contributed by atoms with Gasteiger partial charge in [-0.15, -0.1) is 0 Å². The normalized spacial score (nSPS) is 11.9. The summed E-state index contributed by atoms with van der Waals surface area (Å²) in [5.74, 6) is -0.325. The van der Waals surface area contributed by atoms with Crippen LogP contribution in [0.15, 0.2) is 24.3 Å². The second-order valence-corrected chi connectivity index (χ2v) is 7.42. The second kappa shape index (κ2) is 9.61. The van der Waals surface area contributed by atoms with Crippen molar-refractivity contribution in [3.05, 3.63) is 52.3 Å². The molecule has 0 spiro atoms. The van der Waals surface area contributed by atoms with Gasteiger partial charge in [-0.1, -0.05) is 0 Å². The number of carbonyl (C=O) groups excluding carboxylic acids is 3. The fourth-order valence-electron chi connectivity index (χ4n) is 3.60. The monoisotopic (exact) mass is 414 g/mol. The highest BCUT2D eigenvalue weighted by Gasteiger charge is 2.33. The number of rotatable bonds is 8. The number of amides is 1. The van der Waals surface area contributed by atoms with E-state index in [-0.39, 0.29) is 30.0 Å². The van der Waals surface area contributed by atoms with Gasteiger partial charge in [-0.25, -0.2) is 4.79 Å². The van der Waals surface area contributed by atoms with E-state index in [1.165, 1.54) is 0 Å². The van der Waals surface area contributed by atoms with Crippen molar-refractivity contribution >= 4 is 17.7 Å². The highest BCUT2D eigenvalue weighted by molar-refractivity contribution is 6.07. The quantitative estimate of drug-likeness (QED) is 0.522. The molecular formula is C23H30N2O5. The number of aromatic nitrogens is 1. The fourth-order valence-corrected chi connectivity index (χ4v) is 3.60. The Labute approximate surface area is 177 Å². The van der Waals surface area contributed by atoms with Crippen molar-refractivity contribution in [3.8, 4) is 5.75 Å². The zero-order valence-corrected chi connectivity index (χ0v) is 18.7. The van der Waals surface area contributed by atoms with Crippen molar-refractivity contribution in [2.24, 2.45) is 0 Å². The molecule has 0 saturated carbocycles. The van der Waals surface area contributed by atoms with E-state index in [4.69, 9.17) is 9.47 Å². The Balaban J connectivity index is 2.37. The largest absolute Gasteiger partial charge is 0.497 e. The summed E-state index contributed by atoms with van der Waals surface area (Å²) in [6.45, 7) is 10.9. The molecule has 7 heteroatoms. The van der Waals surface area contributed by atoms with Crippen LogP contribution in [-0.2, 0) is 4.74 Å². The maximum Gasteiger partial charge on any atom is 0.355 e. The van der Waals surface area contributed by atoms with E-state index < -0.39 is 12.0 Å². The predicted molar refractivity (Wildman–Crippen MR) is 114 cm³/mol. The summed E-state index contributed by atoms with van der Waals surface area (Å²) in [7, 11) is 1.56. The van der Waals surface area contributed by atoms with E-state index in [1.807, 2.05) is 13.8 Å². The summed E-state index contributed by atoms with van der Waals surface area (Å²) in [5, 5.41) is 0. The van der Waals surface area contributed by atoms with Gasteiger partial charge >= 0.3 is 5.97 Å². The zero-order chi connectivity index (χ0) is 22.6. The van der Waals surface area contributed by atoms with Crippen LogP contribution in [0.4, 0.5) is 0 Å². The summed E-state index contributed by atoms with van der Waals surface area (Å²) >= 11 is 0. The minimum atomic E-state index is -0.720. The third kappa shape index (κ3) is 4.56. The molecule has 0 unspecified atom stereocenters. The number of nitrogens with one attached hydrogen (secondary N) is 1. The predicted octanol–water partition coefficient (Wildman–Crippen LogP) is 3.94. The number of H-pyrrole nitrogens is 1. The van der Waals surface area contributed by atoms with Gasteiger partial charge in [0, 0.05) is 22.9 Å². The van der Waals surface area contributed by atoms with Crippen LogP contribution in [0.1, 0.15) is 70.2 Å². The number of hydrogen-bond acceptors (Lipinski definition) is 5. The van der Waals surface area contributed by atoms with Gasteiger partial charge in [0.15, 0.2) is 5.78 Å². The first-order valence-corrected chi connectivity index (χ1v) is 10.0. The lowest BCUT2D eigenvalue weighted by atomic mass is 9.98. The number of ether oxygens (including phenoxy) is 2. The van der Waals surface area contributed by atoms with Gasteiger partial charge < -0.3 is 19.4 Å². The molecule has 0 aliphatic carbocycles. The average molecular weight is 415 g/mol. The number of hydrogen-bond donors (Lipinski definition) is 1. The average Bonchev–Trinajstić information content (AvgIpc) is 3.01. The summed E-state index contributed by atoms with van der Waals surface area (Å²) in [4.78, 5) is 43.2. The van der Waals surface area contributed by atoms with E-state index >= 15 is 0 Å². The number of aryl methyl sites for hydroxylation is 1. The van der Waals surface area contributed by atoms with Crippen LogP contribution in [0, 0.1) is 13.8 Å². The van der Waals surface area contributed by atoms with E-state index in [1.54, 1.807) is 64.0 Å². The van der Waals surface area contributed by atoms with Crippen LogP contribution in [0.3, 0.4) is 0 Å².